The summed E-state index contributed by atoms with van der Waals surface area (Å²) in [6, 6.07) is 10.4. The Labute approximate surface area is 180 Å². The van der Waals surface area contributed by atoms with E-state index in [1.165, 1.54) is 5.56 Å². The number of hydrogen-bond acceptors (Lipinski definition) is 5. The van der Waals surface area contributed by atoms with Crippen LogP contribution in [0.5, 0.6) is 0 Å². The normalized spacial score (nSPS) is 15.5. The van der Waals surface area contributed by atoms with Gasteiger partial charge in [0.05, 0.1) is 11.0 Å². The Hall–Kier alpha value is -2.80. The fraction of sp³-hybridized carbons (Fsp3) is 0.348. The van der Waals surface area contributed by atoms with Crippen LogP contribution in [-0.4, -0.2) is 39.2 Å². The maximum absolute atomic E-state index is 12.7. The Morgan fingerprint density at radius 3 is 2.43 bits per heavy atom. The van der Waals surface area contributed by atoms with Gasteiger partial charge in [-0.25, -0.2) is 0 Å². The first-order valence-corrected chi connectivity index (χ1v) is 10.8. The highest BCUT2D eigenvalue weighted by Crippen LogP contribution is 2.33. The molecule has 1 aromatic heterocycles. The number of ether oxygens (including phenoxy) is 1. The van der Waals surface area contributed by atoms with Crippen LogP contribution in [0, 0.1) is 13.8 Å². The molecule has 0 spiro atoms. The summed E-state index contributed by atoms with van der Waals surface area (Å²) < 4.78 is 7.17. The standard InChI is InChI=1S/C23H26N2O4S/c1-6-17-7-9-19(10-8-17)25-15(4)11-18(16(25)5)12-20-22(27)24(23(28)30-20)13-21(26)29-14(2)3/h7-12,14H,6,13H2,1-5H3/b20-12+. The van der Waals surface area contributed by atoms with Gasteiger partial charge in [-0.3, -0.25) is 19.3 Å². The first-order chi connectivity index (χ1) is 14.2. The van der Waals surface area contributed by atoms with Gasteiger partial charge in [-0.05, 0) is 81.3 Å². The first-order valence-electron chi connectivity index (χ1n) is 9.94. The van der Waals surface area contributed by atoms with Crippen molar-refractivity contribution in [1.82, 2.24) is 9.47 Å². The Balaban J connectivity index is 1.86. The minimum atomic E-state index is -0.595. The third kappa shape index (κ3) is 4.51. The van der Waals surface area contributed by atoms with E-state index < -0.39 is 17.1 Å². The number of aromatic nitrogens is 1. The molecule has 2 heterocycles. The molecule has 1 aromatic carbocycles. The van der Waals surface area contributed by atoms with E-state index in [1.807, 2.05) is 19.9 Å². The molecule has 158 valence electrons. The van der Waals surface area contributed by atoms with Crippen molar-refractivity contribution in [1.29, 1.82) is 0 Å². The summed E-state index contributed by atoms with van der Waals surface area (Å²) in [7, 11) is 0. The molecule has 2 amide bonds. The molecular formula is C23H26N2O4S. The van der Waals surface area contributed by atoms with Gasteiger partial charge in [0.2, 0.25) is 0 Å². The van der Waals surface area contributed by atoms with Gasteiger partial charge in [-0.15, -0.1) is 0 Å². The molecule has 1 aliphatic rings. The van der Waals surface area contributed by atoms with Crippen LogP contribution in [-0.2, 0) is 20.7 Å². The van der Waals surface area contributed by atoms with Crippen molar-refractivity contribution in [2.75, 3.05) is 6.54 Å². The van der Waals surface area contributed by atoms with E-state index in [9.17, 15) is 14.4 Å². The van der Waals surface area contributed by atoms with E-state index in [0.717, 1.165) is 45.7 Å². The summed E-state index contributed by atoms with van der Waals surface area (Å²) in [6.07, 6.45) is 2.40. The molecule has 0 unspecified atom stereocenters. The van der Waals surface area contributed by atoms with Crippen molar-refractivity contribution in [3.05, 3.63) is 57.8 Å². The van der Waals surface area contributed by atoms with Crippen molar-refractivity contribution in [2.24, 2.45) is 0 Å². The van der Waals surface area contributed by atoms with Crippen LogP contribution < -0.4 is 0 Å². The van der Waals surface area contributed by atoms with E-state index in [4.69, 9.17) is 4.74 Å². The van der Waals surface area contributed by atoms with Gasteiger partial charge in [0.1, 0.15) is 6.54 Å². The fourth-order valence-electron chi connectivity index (χ4n) is 3.42. The number of esters is 1. The van der Waals surface area contributed by atoms with Gasteiger partial charge in [0.15, 0.2) is 0 Å². The predicted octanol–water partition coefficient (Wildman–Crippen LogP) is 4.64. The number of aryl methyl sites for hydroxylation is 2. The third-order valence-corrected chi connectivity index (χ3v) is 5.80. The molecule has 0 aliphatic carbocycles. The summed E-state index contributed by atoms with van der Waals surface area (Å²) in [5.74, 6) is -1.06. The largest absolute Gasteiger partial charge is 0.462 e. The molecule has 1 aliphatic heterocycles. The second kappa shape index (κ2) is 8.92. The first kappa shape index (κ1) is 21.9. The molecule has 30 heavy (non-hydrogen) atoms. The van der Waals surface area contributed by atoms with Crippen molar-refractivity contribution in [2.45, 2.75) is 47.1 Å². The number of nitrogens with zero attached hydrogens (tertiary/aromatic N) is 2. The Kier molecular flexibility index (Phi) is 6.51. The van der Waals surface area contributed by atoms with Crippen LogP contribution >= 0.6 is 11.8 Å². The smallest absolute Gasteiger partial charge is 0.326 e. The van der Waals surface area contributed by atoms with Gasteiger partial charge >= 0.3 is 5.97 Å². The average molecular weight is 427 g/mol. The lowest BCUT2D eigenvalue weighted by Crippen LogP contribution is -2.35. The maximum atomic E-state index is 12.7. The zero-order valence-electron chi connectivity index (χ0n) is 17.9. The minimum absolute atomic E-state index is 0.301. The van der Waals surface area contributed by atoms with Crippen molar-refractivity contribution >= 4 is 35.0 Å². The third-order valence-electron chi connectivity index (χ3n) is 4.89. The second-order valence-electron chi connectivity index (χ2n) is 7.49. The van der Waals surface area contributed by atoms with Crippen molar-refractivity contribution in [3.63, 3.8) is 0 Å². The molecule has 0 N–H and O–H groups in total. The van der Waals surface area contributed by atoms with E-state index in [-0.39, 0.29) is 12.6 Å². The predicted molar refractivity (Wildman–Crippen MR) is 119 cm³/mol. The molecule has 2 aromatic rings. The molecule has 0 radical (unpaired) electrons. The van der Waals surface area contributed by atoms with Crippen molar-refractivity contribution in [3.8, 4) is 5.69 Å². The Morgan fingerprint density at radius 1 is 1.17 bits per heavy atom. The van der Waals surface area contributed by atoms with E-state index >= 15 is 0 Å². The monoisotopic (exact) mass is 426 g/mol. The number of benzene rings is 1. The van der Waals surface area contributed by atoms with Crippen LogP contribution in [0.15, 0.2) is 35.2 Å². The highest BCUT2D eigenvalue weighted by molar-refractivity contribution is 8.18. The van der Waals surface area contributed by atoms with Crippen LogP contribution in [0.25, 0.3) is 11.8 Å². The zero-order valence-corrected chi connectivity index (χ0v) is 18.7. The Morgan fingerprint density at radius 2 is 1.83 bits per heavy atom. The number of imide groups is 1. The number of amides is 2. The van der Waals surface area contributed by atoms with Crippen molar-refractivity contribution < 1.29 is 19.1 Å². The van der Waals surface area contributed by atoms with Crippen LogP contribution in [0.2, 0.25) is 0 Å². The quantitative estimate of drug-likeness (QED) is 0.497. The summed E-state index contributed by atoms with van der Waals surface area (Å²) in [5.41, 5.74) is 5.19. The summed E-state index contributed by atoms with van der Waals surface area (Å²) in [4.78, 5) is 38.1. The van der Waals surface area contributed by atoms with Crippen LogP contribution in [0.3, 0.4) is 0 Å². The van der Waals surface area contributed by atoms with Gasteiger partial charge in [0.25, 0.3) is 11.1 Å². The molecule has 0 bridgehead atoms. The second-order valence-corrected chi connectivity index (χ2v) is 8.48. The van der Waals surface area contributed by atoms with Crippen LogP contribution in [0.4, 0.5) is 4.79 Å². The molecule has 3 rings (SSSR count). The lowest BCUT2D eigenvalue weighted by atomic mass is 10.1. The fourth-order valence-corrected chi connectivity index (χ4v) is 4.25. The lowest BCUT2D eigenvalue weighted by molar-refractivity contribution is -0.149. The molecule has 0 atom stereocenters. The summed E-state index contributed by atoms with van der Waals surface area (Å²) >= 11 is 0.844. The topological polar surface area (TPSA) is 68.6 Å². The molecule has 7 heteroatoms. The number of carbonyl (C=O) groups is 3. The SMILES string of the molecule is CCc1ccc(-n2c(C)cc(/C=C3/SC(=O)N(CC(=O)OC(C)C)C3=O)c2C)cc1. The van der Waals surface area contributed by atoms with Gasteiger partial charge in [0, 0.05) is 17.1 Å². The molecule has 0 saturated carbocycles. The van der Waals surface area contributed by atoms with Gasteiger partial charge in [-0.1, -0.05) is 19.1 Å². The van der Waals surface area contributed by atoms with Gasteiger partial charge < -0.3 is 9.30 Å². The highest BCUT2D eigenvalue weighted by atomic mass is 32.2. The Bertz CT molecular complexity index is 1020. The molecule has 6 nitrogen and oxygen atoms in total. The average Bonchev–Trinajstić information content (AvgIpc) is 3.11. The number of hydrogen-bond donors (Lipinski definition) is 0. The van der Waals surface area contributed by atoms with Crippen LogP contribution in [0.1, 0.15) is 43.3 Å². The lowest BCUT2D eigenvalue weighted by Gasteiger charge is -2.13. The number of thioether (sulfide) groups is 1. The molecule has 1 fully saturated rings. The van der Waals surface area contributed by atoms with E-state index in [2.05, 4.69) is 35.8 Å². The molecular weight excluding hydrogens is 400 g/mol. The van der Waals surface area contributed by atoms with E-state index in [1.54, 1.807) is 19.9 Å². The number of rotatable bonds is 6. The summed E-state index contributed by atoms with van der Waals surface area (Å²) in [6.45, 7) is 9.18. The maximum Gasteiger partial charge on any atom is 0.326 e. The van der Waals surface area contributed by atoms with Gasteiger partial charge in [-0.2, -0.15) is 0 Å². The van der Waals surface area contributed by atoms with E-state index in [0.29, 0.717) is 4.91 Å². The minimum Gasteiger partial charge on any atom is -0.462 e. The summed E-state index contributed by atoms with van der Waals surface area (Å²) in [5, 5.41) is -0.462. The highest BCUT2D eigenvalue weighted by Gasteiger charge is 2.37. The zero-order chi connectivity index (χ0) is 22.0. The molecule has 1 saturated heterocycles. The number of carbonyl (C=O) groups excluding carboxylic acids is 3.